The van der Waals surface area contributed by atoms with E-state index in [1.807, 2.05) is 0 Å². The predicted molar refractivity (Wildman–Crippen MR) is 98.1 cm³/mol. The largest absolute Gasteiger partial charge is 0.478 e. The van der Waals surface area contributed by atoms with E-state index < -0.39 is 5.97 Å². The van der Waals surface area contributed by atoms with Gasteiger partial charge >= 0.3 is 17.9 Å². The fourth-order valence-corrected chi connectivity index (χ4v) is 1.47. The highest BCUT2D eigenvalue weighted by atomic mass is 16.6. The van der Waals surface area contributed by atoms with Gasteiger partial charge in [-0.25, -0.2) is 14.4 Å². The lowest BCUT2D eigenvalue weighted by molar-refractivity contribution is -0.141. The first-order chi connectivity index (χ1) is 12.7. The molecule has 2 heterocycles. The van der Waals surface area contributed by atoms with Gasteiger partial charge in [0.15, 0.2) is 0 Å². The van der Waals surface area contributed by atoms with Crippen molar-refractivity contribution >= 4 is 17.9 Å². The molecule has 8 nitrogen and oxygen atoms in total. The summed E-state index contributed by atoms with van der Waals surface area (Å²) >= 11 is 0. The number of ether oxygens (including phenoxy) is 4. The van der Waals surface area contributed by atoms with Crippen LogP contribution in [-0.4, -0.2) is 61.6 Å². The standard InChI is InChI=1S/C8H12O3.C7H10O3.C4H6O2/c1-2-8(9)11-6-7-4-3-5-10-7;1-5(2)7(8)10-4-6-3-9-6;1-3(2)4(5)6/h2,7H,1,3-6H2;6H,1,3-4H2,2H3;1H2,2H3,(H,5,6). The molecule has 0 radical (unpaired) electrons. The Hall–Kier alpha value is -2.45. The van der Waals surface area contributed by atoms with Gasteiger partial charge < -0.3 is 24.1 Å². The smallest absolute Gasteiger partial charge is 0.333 e. The number of carbonyl (C=O) groups is 3. The summed E-state index contributed by atoms with van der Waals surface area (Å²) in [5.41, 5.74) is 0.607. The van der Waals surface area contributed by atoms with E-state index in [0.717, 1.165) is 25.5 Å². The molecular formula is C19H28O8. The highest BCUT2D eigenvalue weighted by Gasteiger charge is 2.24. The van der Waals surface area contributed by atoms with E-state index in [9.17, 15) is 14.4 Å². The van der Waals surface area contributed by atoms with Crippen molar-refractivity contribution < 1.29 is 38.4 Å². The Balaban J connectivity index is 0.000000394. The molecule has 152 valence electrons. The third-order valence-corrected chi connectivity index (χ3v) is 3.12. The maximum Gasteiger partial charge on any atom is 0.333 e. The van der Waals surface area contributed by atoms with Crippen LogP contribution in [0.4, 0.5) is 0 Å². The third kappa shape index (κ3) is 14.4. The summed E-state index contributed by atoms with van der Waals surface area (Å²) in [4.78, 5) is 30.9. The molecule has 2 aliphatic heterocycles. The second-order valence-electron chi connectivity index (χ2n) is 5.89. The number of hydrogen-bond donors (Lipinski definition) is 1. The zero-order valence-electron chi connectivity index (χ0n) is 15.9. The van der Waals surface area contributed by atoms with Gasteiger partial charge in [-0.15, -0.1) is 0 Å². The van der Waals surface area contributed by atoms with Crippen LogP contribution in [0.2, 0.25) is 0 Å². The van der Waals surface area contributed by atoms with Crippen LogP contribution in [0.1, 0.15) is 26.7 Å². The third-order valence-electron chi connectivity index (χ3n) is 3.12. The fourth-order valence-electron chi connectivity index (χ4n) is 1.47. The van der Waals surface area contributed by atoms with E-state index in [2.05, 4.69) is 19.7 Å². The highest BCUT2D eigenvalue weighted by molar-refractivity contribution is 5.87. The predicted octanol–water partition coefficient (Wildman–Crippen LogP) is 2.05. The van der Waals surface area contributed by atoms with Crippen molar-refractivity contribution in [3.8, 4) is 0 Å². The first kappa shape index (κ1) is 24.6. The molecule has 27 heavy (non-hydrogen) atoms. The Morgan fingerprint density at radius 3 is 2.00 bits per heavy atom. The maximum absolute atomic E-state index is 10.7. The lowest BCUT2D eigenvalue weighted by Gasteiger charge is -2.07. The molecule has 2 unspecified atom stereocenters. The topological polar surface area (TPSA) is 112 Å². The molecule has 2 rings (SSSR count). The van der Waals surface area contributed by atoms with E-state index in [1.165, 1.54) is 6.92 Å². The summed E-state index contributed by atoms with van der Waals surface area (Å²) in [6, 6.07) is 0. The van der Waals surface area contributed by atoms with Gasteiger partial charge in [0.2, 0.25) is 0 Å². The molecule has 0 aromatic heterocycles. The van der Waals surface area contributed by atoms with Crippen LogP contribution in [0.15, 0.2) is 37.0 Å². The molecule has 0 saturated carbocycles. The minimum atomic E-state index is -0.935. The number of carboxylic acid groups (broad SMARTS) is 1. The SMILES string of the molecule is C=C(C)C(=O)O.C=C(C)C(=O)OCC1CO1.C=CC(=O)OCC1CCCO1. The molecular weight excluding hydrogens is 356 g/mol. The normalized spacial score (nSPS) is 19.2. The zero-order valence-corrected chi connectivity index (χ0v) is 15.9. The van der Waals surface area contributed by atoms with Gasteiger partial charge in [-0.1, -0.05) is 19.7 Å². The summed E-state index contributed by atoms with van der Waals surface area (Å²) in [5, 5.41) is 7.89. The molecule has 8 heteroatoms. The van der Waals surface area contributed by atoms with Crippen molar-refractivity contribution in [2.75, 3.05) is 26.4 Å². The van der Waals surface area contributed by atoms with E-state index in [0.29, 0.717) is 25.4 Å². The molecule has 2 aliphatic rings. The second kappa shape index (κ2) is 13.7. The Morgan fingerprint density at radius 2 is 1.63 bits per heavy atom. The van der Waals surface area contributed by atoms with Crippen LogP contribution in [0, 0.1) is 0 Å². The van der Waals surface area contributed by atoms with Crippen LogP contribution in [0.3, 0.4) is 0 Å². The number of carboxylic acids is 1. The van der Waals surface area contributed by atoms with Crippen LogP contribution in [-0.2, 0) is 33.3 Å². The van der Waals surface area contributed by atoms with Crippen LogP contribution in [0.25, 0.3) is 0 Å². The van der Waals surface area contributed by atoms with Gasteiger partial charge in [0.1, 0.15) is 19.3 Å². The summed E-state index contributed by atoms with van der Waals surface area (Å²) in [6.45, 7) is 15.2. The van der Waals surface area contributed by atoms with E-state index in [4.69, 9.17) is 24.1 Å². The number of esters is 2. The molecule has 1 N–H and O–H groups in total. The summed E-state index contributed by atoms with van der Waals surface area (Å²) < 4.78 is 19.6. The van der Waals surface area contributed by atoms with Crippen molar-refractivity contribution in [3.63, 3.8) is 0 Å². The van der Waals surface area contributed by atoms with Crippen molar-refractivity contribution in [1.82, 2.24) is 0 Å². The number of hydrogen-bond acceptors (Lipinski definition) is 7. The van der Waals surface area contributed by atoms with E-state index >= 15 is 0 Å². The minimum Gasteiger partial charge on any atom is -0.478 e. The highest BCUT2D eigenvalue weighted by Crippen LogP contribution is 2.11. The van der Waals surface area contributed by atoms with Crippen LogP contribution in [0.5, 0.6) is 0 Å². The minimum absolute atomic E-state index is 0.110. The summed E-state index contributed by atoms with van der Waals surface area (Å²) in [5.74, 6) is -1.65. The van der Waals surface area contributed by atoms with Gasteiger partial charge in [0, 0.05) is 23.8 Å². The quantitative estimate of drug-likeness (QED) is 0.403. The Labute approximate surface area is 159 Å². The first-order valence-electron chi connectivity index (χ1n) is 8.41. The molecule has 0 aromatic rings. The molecule has 0 aliphatic carbocycles. The molecule has 2 atom stereocenters. The molecule has 0 aromatic carbocycles. The average molecular weight is 384 g/mol. The zero-order chi connectivity index (χ0) is 20.8. The summed E-state index contributed by atoms with van der Waals surface area (Å²) in [6.07, 6.45) is 3.47. The molecule has 0 bridgehead atoms. The Bertz CT molecular complexity index is 530. The lowest BCUT2D eigenvalue weighted by Crippen LogP contribution is -2.16. The monoisotopic (exact) mass is 384 g/mol. The second-order valence-corrected chi connectivity index (χ2v) is 5.89. The first-order valence-corrected chi connectivity index (χ1v) is 8.41. The fraction of sp³-hybridized carbons (Fsp3) is 0.526. The van der Waals surface area contributed by atoms with Crippen molar-refractivity contribution in [3.05, 3.63) is 37.0 Å². The number of carbonyl (C=O) groups excluding carboxylic acids is 2. The lowest BCUT2D eigenvalue weighted by atomic mass is 10.2. The summed E-state index contributed by atoms with van der Waals surface area (Å²) in [7, 11) is 0. The van der Waals surface area contributed by atoms with Gasteiger partial charge in [-0.05, 0) is 26.7 Å². The molecule has 0 amide bonds. The van der Waals surface area contributed by atoms with Gasteiger partial charge in [-0.3, -0.25) is 0 Å². The van der Waals surface area contributed by atoms with Gasteiger partial charge in [-0.2, -0.15) is 0 Å². The van der Waals surface area contributed by atoms with Gasteiger partial charge in [0.25, 0.3) is 0 Å². The maximum atomic E-state index is 10.7. The number of epoxide rings is 1. The Morgan fingerprint density at radius 1 is 1.07 bits per heavy atom. The van der Waals surface area contributed by atoms with Crippen LogP contribution >= 0.6 is 0 Å². The Kier molecular flexibility index (Phi) is 12.5. The number of aliphatic carboxylic acids is 1. The van der Waals surface area contributed by atoms with E-state index in [1.54, 1.807) is 6.92 Å². The van der Waals surface area contributed by atoms with E-state index in [-0.39, 0.29) is 29.7 Å². The molecule has 0 spiro atoms. The van der Waals surface area contributed by atoms with Crippen molar-refractivity contribution in [2.45, 2.75) is 38.9 Å². The van der Waals surface area contributed by atoms with Crippen molar-refractivity contribution in [2.24, 2.45) is 0 Å². The molecule has 2 saturated heterocycles. The van der Waals surface area contributed by atoms with Crippen LogP contribution < -0.4 is 0 Å². The average Bonchev–Trinajstić information content (AvgIpc) is 3.31. The molecule has 2 fully saturated rings. The van der Waals surface area contributed by atoms with Crippen molar-refractivity contribution in [1.29, 1.82) is 0 Å². The number of rotatable bonds is 7. The van der Waals surface area contributed by atoms with Gasteiger partial charge in [0.05, 0.1) is 12.7 Å².